The van der Waals surface area contributed by atoms with Gasteiger partial charge in [-0.3, -0.25) is 4.79 Å². The molecule has 122 valence electrons. The smallest absolute Gasteiger partial charge is 0.150 e. The van der Waals surface area contributed by atoms with Gasteiger partial charge < -0.3 is 15.2 Å². The zero-order valence-corrected chi connectivity index (χ0v) is 13.1. The molecule has 0 aliphatic rings. The molecule has 2 rings (SSSR count). The van der Waals surface area contributed by atoms with Gasteiger partial charge in [0, 0.05) is 25.9 Å². The molecule has 2 aromatic carbocycles. The van der Waals surface area contributed by atoms with Gasteiger partial charge in [-0.2, -0.15) is 0 Å². The first-order valence-electron chi connectivity index (χ1n) is 6.98. The van der Waals surface area contributed by atoms with Gasteiger partial charge in [0.15, 0.2) is 0 Å². The van der Waals surface area contributed by atoms with Crippen LogP contribution in [0, 0.1) is 5.82 Å². The standard InChI is InChI=1S/C17H16FNO2.CH4O/c1-19-10-17(15-4-2-3-5-16(15)18)21-12-14-8-6-13(11-20)7-9-14;1-2/h2-11,19H,12H2,1H3;2H,1H3/b17-10-;. The number of rotatable bonds is 6. The zero-order chi connectivity index (χ0) is 17.1. The normalized spacial score (nSPS) is 10.3. The summed E-state index contributed by atoms with van der Waals surface area (Å²) in [6.45, 7) is 0.293. The van der Waals surface area contributed by atoms with Crippen LogP contribution in [0.1, 0.15) is 21.5 Å². The second kappa shape index (κ2) is 10.1. The Balaban J connectivity index is 0.00000127. The lowest BCUT2D eigenvalue weighted by Crippen LogP contribution is -2.02. The Hall–Kier alpha value is -2.66. The highest BCUT2D eigenvalue weighted by molar-refractivity contribution is 5.74. The number of benzene rings is 2. The van der Waals surface area contributed by atoms with E-state index in [-0.39, 0.29) is 5.82 Å². The molecule has 0 bridgehead atoms. The molecule has 0 unspecified atom stereocenters. The summed E-state index contributed by atoms with van der Waals surface area (Å²) in [4.78, 5) is 10.6. The second-order valence-corrected chi connectivity index (χ2v) is 4.43. The lowest BCUT2D eigenvalue weighted by molar-refractivity contribution is 0.112. The maximum absolute atomic E-state index is 13.8. The van der Waals surface area contributed by atoms with Gasteiger partial charge in [-0.05, 0) is 17.7 Å². The molecule has 0 spiro atoms. The lowest BCUT2D eigenvalue weighted by Gasteiger charge is -2.12. The summed E-state index contributed by atoms with van der Waals surface area (Å²) in [6.07, 6.45) is 2.40. The van der Waals surface area contributed by atoms with Crippen molar-refractivity contribution in [3.05, 3.63) is 77.2 Å². The van der Waals surface area contributed by atoms with E-state index in [1.165, 1.54) is 6.07 Å². The minimum atomic E-state index is -0.338. The Labute approximate surface area is 135 Å². The van der Waals surface area contributed by atoms with E-state index < -0.39 is 0 Å². The van der Waals surface area contributed by atoms with Crippen molar-refractivity contribution in [3.8, 4) is 0 Å². The Bertz CT molecular complexity index is 639. The Kier molecular flexibility index (Phi) is 8.10. The number of hydrogen-bond donors (Lipinski definition) is 2. The molecule has 0 saturated carbocycles. The van der Waals surface area contributed by atoms with E-state index in [9.17, 15) is 9.18 Å². The van der Waals surface area contributed by atoms with Crippen molar-refractivity contribution in [1.29, 1.82) is 0 Å². The summed E-state index contributed by atoms with van der Waals surface area (Å²) in [5, 5.41) is 9.85. The molecule has 23 heavy (non-hydrogen) atoms. The van der Waals surface area contributed by atoms with Crippen LogP contribution in [0.4, 0.5) is 4.39 Å². The minimum absolute atomic E-state index is 0.293. The molecule has 0 aliphatic heterocycles. The van der Waals surface area contributed by atoms with Crippen LogP contribution in [0.15, 0.2) is 54.7 Å². The van der Waals surface area contributed by atoms with Crippen molar-refractivity contribution in [2.45, 2.75) is 6.61 Å². The molecule has 0 atom stereocenters. The Morgan fingerprint density at radius 3 is 2.39 bits per heavy atom. The largest absolute Gasteiger partial charge is 0.487 e. The number of aliphatic hydroxyl groups excluding tert-OH is 1. The topological polar surface area (TPSA) is 58.6 Å². The maximum atomic E-state index is 13.8. The van der Waals surface area contributed by atoms with Crippen LogP contribution < -0.4 is 5.32 Å². The molecule has 0 fully saturated rings. The molecule has 4 nitrogen and oxygen atoms in total. The van der Waals surface area contributed by atoms with Gasteiger partial charge in [0.25, 0.3) is 0 Å². The van der Waals surface area contributed by atoms with E-state index in [2.05, 4.69) is 5.32 Å². The average Bonchev–Trinajstić information content (AvgIpc) is 2.61. The minimum Gasteiger partial charge on any atom is -0.487 e. The fourth-order valence-electron chi connectivity index (χ4n) is 1.84. The quantitative estimate of drug-likeness (QED) is 0.635. The first-order valence-corrected chi connectivity index (χ1v) is 6.98. The van der Waals surface area contributed by atoms with Gasteiger partial charge >= 0.3 is 0 Å². The number of carbonyl (C=O) groups excluding carboxylic acids is 1. The summed E-state index contributed by atoms with van der Waals surface area (Å²) in [7, 11) is 2.73. The summed E-state index contributed by atoms with van der Waals surface area (Å²) in [5.41, 5.74) is 1.91. The van der Waals surface area contributed by atoms with Crippen LogP contribution >= 0.6 is 0 Å². The summed E-state index contributed by atoms with van der Waals surface area (Å²) < 4.78 is 19.5. The van der Waals surface area contributed by atoms with E-state index in [1.54, 1.807) is 43.6 Å². The van der Waals surface area contributed by atoms with Gasteiger partial charge in [0.05, 0.1) is 5.56 Å². The molecular weight excluding hydrogens is 297 g/mol. The summed E-state index contributed by atoms with van der Waals surface area (Å²) in [6, 6.07) is 13.5. The first kappa shape index (κ1) is 18.4. The molecule has 0 amide bonds. The summed E-state index contributed by atoms with van der Waals surface area (Å²) >= 11 is 0. The lowest BCUT2D eigenvalue weighted by atomic mass is 10.1. The van der Waals surface area contributed by atoms with Gasteiger partial charge in [-0.25, -0.2) is 4.39 Å². The second-order valence-electron chi connectivity index (χ2n) is 4.43. The van der Waals surface area contributed by atoms with Crippen LogP contribution in [0.25, 0.3) is 5.76 Å². The van der Waals surface area contributed by atoms with Crippen molar-refractivity contribution in [1.82, 2.24) is 5.32 Å². The van der Waals surface area contributed by atoms with E-state index >= 15 is 0 Å². The van der Waals surface area contributed by atoms with E-state index in [1.807, 2.05) is 12.1 Å². The molecule has 2 N–H and O–H groups in total. The fourth-order valence-corrected chi connectivity index (χ4v) is 1.84. The van der Waals surface area contributed by atoms with Crippen molar-refractivity contribution in [2.75, 3.05) is 14.2 Å². The van der Waals surface area contributed by atoms with Crippen LogP contribution in [0.5, 0.6) is 0 Å². The van der Waals surface area contributed by atoms with Crippen LogP contribution in [0.3, 0.4) is 0 Å². The highest BCUT2D eigenvalue weighted by atomic mass is 19.1. The van der Waals surface area contributed by atoms with E-state index in [0.717, 1.165) is 19.0 Å². The average molecular weight is 317 g/mol. The van der Waals surface area contributed by atoms with Crippen molar-refractivity contribution in [3.63, 3.8) is 0 Å². The van der Waals surface area contributed by atoms with Gasteiger partial charge in [-0.15, -0.1) is 0 Å². The SMILES string of the molecule is CN/C=C(\OCc1ccc(C=O)cc1)c1ccccc1F.CO. The van der Waals surface area contributed by atoms with Crippen molar-refractivity contribution >= 4 is 12.0 Å². The molecule has 0 saturated heterocycles. The maximum Gasteiger partial charge on any atom is 0.150 e. The number of aldehydes is 1. The van der Waals surface area contributed by atoms with Crippen LogP contribution in [0.2, 0.25) is 0 Å². The van der Waals surface area contributed by atoms with Gasteiger partial charge in [-0.1, -0.05) is 36.4 Å². The molecule has 0 aliphatic carbocycles. The van der Waals surface area contributed by atoms with Gasteiger partial charge in [0.1, 0.15) is 24.5 Å². The third-order valence-electron chi connectivity index (χ3n) is 2.92. The number of nitrogens with one attached hydrogen (secondary N) is 1. The number of halogens is 1. The number of hydrogen-bond acceptors (Lipinski definition) is 4. The molecule has 0 radical (unpaired) electrons. The molecule has 5 heteroatoms. The number of ether oxygens (including phenoxy) is 1. The molecule has 0 aromatic heterocycles. The van der Waals surface area contributed by atoms with Crippen molar-refractivity contribution in [2.24, 2.45) is 0 Å². The molecule has 0 heterocycles. The number of carbonyl (C=O) groups is 1. The molecular formula is C18H20FNO3. The predicted octanol–water partition coefficient (Wildman–Crippen LogP) is 2.98. The van der Waals surface area contributed by atoms with E-state index in [4.69, 9.17) is 9.84 Å². The highest BCUT2D eigenvalue weighted by Gasteiger charge is 2.08. The monoisotopic (exact) mass is 317 g/mol. The number of aliphatic hydroxyl groups is 1. The Morgan fingerprint density at radius 1 is 1.17 bits per heavy atom. The fraction of sp³-hybridized carbons (Fsp3) is 0.167. The predicted molar refractivity (Wildman–Crippen MR) is 88.2 cm³/mol. The third-order valence-corrected chi connectivity index (χ3v) is 2.92. The third kappa shape index (κ3) is 5.56. The molecule has 2 aromatic rings. The first-order chi connectivity index (χ1) is 11.2. The van der Waals surface area contributed by atoms with E-state index in [0.29, 0.717) is 23.5 Å². The summed E-state index contributed by atoms with van der Waals surface area (Å²) in [5.74, 6) is 0.0883. The van der Waals surface area contributed by atoms with Crippen molar-refractivity contribution < 1.29 is 19.0 Å². The van der Waals surface area contributed by atoms with Crippen LogP contribution in [-0.4, -0.2) is 25.6 Å². The van der Waals surface area contributed by atoms with Gasteiger partial charge in [0.2, 0.25) is 0 Å². The van der Waals surface area contributed by atoms with Crippen LogP contribution in [-0.2, 0) is 11.3 Å². The zero-order valence-electron chi connectivity index (χ0n) is 13.1. The Morgan fingerprint density at radius 2 is 1.83 bits per heavy atom. The highest BCUT2D eigenvalue weighted by Crippen LogP contribution is 2.20.